The topological polar surface area (TPSA) is 96.4 Å². The molecule has 2 aromatic carbocycles. The Morgan fingerprint density at radius 1 is 1.16 bits per heavy atom. The van der Waals surface area contributed by atoms with Crippen LogP contribution < -0.4 is 4.90 Å². The first-order valence-corrected chi connectivity index (χ1v) is 15.8. The number of hydrogen-bond donors (Lipinski definition) is 1. The fraction of sp³-hybridized carbons (Fsp3) is 0.424. The summed E-state index contributed by atoms with van der Waals surface area (Å²) < 4.78 is 12.3. The summed E-state index contributed by atoms with van der Waals surface area (Å²) in [6.45, 7) is 7.52. The van der Waals surface area contributed by atoms with Crippen LogP contribution >= 0.6 is 27.5 Å². The quantitative estimate of drug-likeness (QED) is 0.136. The van der Waals surface area contributed by atoms with E-state index >= 15 is 0 Å². The molecule has 3 unspecified atom stereocenters. The van der Waals surface area contributed by atoms with E-state index in [9.17, 15) is 19.5 Å². The second-order valence-corrected chi connectivity index (χ2v) is 12.8. The Balaban J connectivity index is 1.57. The molecule has 2 aromatic rings. The summed E-state index contributed by atoms with van der Waals surface area (Å²) in [7, 11) is 0. The number of benzene rings is 2. The van der Waals surface area contributed by atoms with Gasteiger partial charge < -0.3 is 24.4 Å². The molecule has 0 aromatic heterocycles. The number of anilines is 1. The smallest absolute Gasteiger partial charge is 0.312 e. The monoisotopic (exact) mass is 670 g/mol. The lowest BCUT2D eigenvalue weighted by Gasteiger charge is -2.39. The lowest BCUT2D eigenvalue weighted by molar-refractivity contribution is -0.155. The van der Waals surface area contributed by atoms with Crippen molar-refractivity contribution in [1.82, 2.24) is 4.90 Å². The van der Waals surface area contributed by atoms with Crippen LogP contribution in [0, 0.1) is 11.8 Å². The van der Waals surface area contributed by atoms with Crippen LogP contribution in [-0.2, 0) is 23.9 Å². The van der Waals surface area contributed by atoms with Crippen LogP contribution in [0.25, 0.3) is 0 Å². The van der Waals surface area contributed by atoms with Gasteiger partial charge in [0.1, 0.15) is 11.6 Å². The van der Waals surface area contributed by atoms with E-state index in [1.807, 2.05) is 36.4 Å². The van der Waals surface area contributed by atoms with Crippen molar-refractivity contribution in [3.8, 4) is 0 Å². The highest BCUT2D eigenvalue weighted by molar-refractivity contribution is 9.09. The van der Waals surface area contributed by atoms with Gasteiger partial charge in [-0.05, 0) is 55.5 Å². The summed E-state index contributed by atoms with van der Waals surface area (Å²) in [5.74, 6) is -3.17. The van der Waals surface area contributed by atoms with E-state index < -0.39 is 60.0 Å². The molecule has 3 aliphatic heterocycles. The molecule has 43 heavy (non-hydrogen) atoms. The van der Waals surface area contributed by atoms with E-state index in [1.54, 1.807) is 30.3 Å². The van der Waals surface area contributed by atoms with E-state index in [2.05, 4.69) is 29.1 Å². The Bertz CT molecular complexity index is 1360. The van der Waals surface area contributed by atoms with Crippen molar-refractivity contribution in [2.24, 2.45) is 11.8 Å². The van der Waals surface area contributed by atoms with E-state index in [-0.39, 0.29) is 18.0 Å². The van der Waals surface area contributed by atoms with Gasteiger partial charge in [0.05, 0.1) is 37.2 Å². The zero-order valence-electron chi connectivity index (χ0n) is 23.8. The van der Waals surface area contributed by atoms with Crippen molar-refractivity contribution < 1.29 is 29.0 Å². The first-order valence-electron chi connectivity index (χ1n) is 14.5. The van der Waals surface area contributed by atoms with Gasteiger partial charge in [-0.3, -0.25) is 14.4 Å². The molecular formula is C33H36BrClN2O6. The van der Waals surface area contributed by atoms with Gasteiger partial charge in [0.25, 0.3) is 5.91 Å². The second kappa shape index (κ2) is 13.3. The Hall–Kier alpha value is -2.98. The number of aliphatic hydroxyl groups is 1. The van der Waals surface area contributed by atoms with Crippen molar-refractivity contribution in [3.63, 3.8) is 0 Å². The van der Waals surface area contributed by atoms with Gasteiger partial charge in [-0.25, -0.2) is 0 Å². The molecule has 5 rings (SSSR count). The molecule has 0 radical (unpaired) electrons. The van der Waals surface area contributed by atoms with Crippen molar-refractivity contribution >= 4 is 51.0 Å². The predicted octanol–water partition coefficient (Wildman–Crippen LogP) is 5.24. The molecule has 3 aliphatic rings. The zero-order valence-corrected chi connectivity index (χ0v) is 26.2. The maximum absolute atomic E-state index is 14.8. The fourth-order valence-corrected chi connectivity index (χ4v) is 7.93. The molecule has 7 atom stereocenters. The molecule has 0 saturated carbocycles. The number of likely N-dealkylation sites (tertiary alicyclic amines) is 1. The van der Waals surface area contributed by atoms with Crippen LogP contribution in [-0.4, -0.2) is 70.1 Å². The number of aliphatic hydroxyl groups excluding tert-OH is 1. The number of fused-ring (bicyclic) bond motifs is 1. The molecular weight excluding hydrogens is 636 g/mol. The first-order chi connectivity index (χ1) is 20.8. The van der Waals surface area contributed by atoms with E-state index in [0.29, 0.717) is 29.1 Å². The lowest BCUT2D eigenvalue weighted by Crippen LogP contribution is -2.57. The molecule has 2 bridgehead atoms. The van der Waals surface area contributed by atoms with Crippen molar-refractivity contribution in [2.45, 2.75) is 54.3 Å². The average Bonchev–Trinajstić information content (AvgIpc) is 3.60. The number of hydrogen-bond acceptors (Lipinski definition) is 6. The third-order valence-corrected chi connectivity index (χ3v) is 9.79. The van der Waals surface area contributed by atoms with Crippen LogP contribution in [0.1, 0.15) is 37.3 Å². The van der Waals surface area contributed by atoms with Crippen LogP contribution in [0.2, 0.25) is 5.02 Å². The molecule has 3 fully saturated rings. The number of ether oxygens (including phenoxy) is 2. The molecule has 10 heteroatoms. The molecule has 2 amide bonds. The molecule has 3 saturated heterocycles. The molecule has 8 nitrogen and oxygen atoms in total. The number of esters is 1. The van der Waals surface area contributed by atoms with Gasteiger partial charge in [0, 0.05) is 22.1 Å². The lowest BCUT2D eigenvalue weighted by atomic mass is 9.70. The molecule has 1 spiro atoms. The van der Waals surface area contributed by atoms with Gasteiger partial charge >= 0.3 is 5.97 Å². The minimum absolute atomic E-state index is 0.159. The highest BCUT2D eigenvalue weighted by atomic mass is 79.9. The summed E-state index contributed by atoms with van der Waals surface area (Å²) in [6.07, 6.45) is 5.44. The highest BCUT2D eigenvalue weighted by Crippen LogP contribution is 2.61. The van der Waals surface area contributed by atoms with Crippen LogP contribution in [0.4, 0.5) is 5.69 Å². The average molecular weight is 672 g/mol. The fourth-order valence-electron chi connectivity index (χ4n) is 6.86. The SMILES string of the molecule is C=CCCCCOC(=O)[C@H]1[C@@H]2OC3(CC2Br)C(C(=O)N(CC=C)c2ccc(Cl)cc2)N([C@H](CO)c2ccccc2)C(=O)[C@H]13. The van der Waals surface area contributed by atoms with Gasteiger partial charge in [-0.2, -0.15) is 0 Å². The van der Waals surface area contributed by atoms with E-state index in [4.69, 9.17) is 21.1 Å². The second-order valence-electron chi connectivity index (χ2n) is 11.2. The number of carbonyl (C=O) groups excluding carboxylic acids is 3. The van der Waals surface area contributed by atoms with Crippen molar-refractivity contribution in [1.29, 1.82) is 0 Å². The van der Waals surface area contributed by atoms with Crippen LogP contribution in [0.5, 0.6) is 0 Å². The summed E-state index contributed by atoms with van der Waals surface area (Å²) in [6, 6.07) is 13.9. The predicted molar refractivity (Wildman–Crippen MR) is 168 cm³/mol. The Labute approximate surface area is 265 Å². The van der Waals surface area contributed by atoms with Gasteiger partial charge in [0.2, 0.25) is 5.91 Å². The van der Waals surface area contributed by atoms with Crippen LogP contribution in [0.3, 0.4) is 0 Å². The summed E-state index contributed by atoms with van der Waals surface area (Å²) in [5.41, 5.74) is -0.0751. The maximum Gasteiger partial charge on any atom is 0.312 e. The first kappa shape index (κ1) is 31.4. The standard InChI is InChI=1S/C33H36BrClN2O6/c1-3-5-6-10-18-42-32(41)26-27-30(39)37(25(20-38)21-11-8-7-9-12-21)29(33(27)19-24(34)28(26)43-33)31(40)36(17-4-2)23-15-13-22(35)14-16-23/h3-4,7-9,11-16,24-29,38H,1-2,5-6,10,17-20H2/t24?,25-,26-,27+,28-,29?,33?/m1/s1. The summed E-state index contributed by atoms with van der Waals surface area (Å²) in [5, 5.41) is 11.2. The number of amides is 2. The van der Waals surface area contributed by atoms with Crippen molar-refractivity contribution in [2.75, 3.05) is 24.7 Å². The van der Waals surface area contributed by atoms with Crippen molar-refractivity contribution in [3.05, 3.63) is 90.5 Å². The summed E-state index contributed by atoms with van der Waals surface area (Å²) >= 11 is 9.83. The minimum atomic E-state index is -1.31. The summed E-state index contributed by atoms with van der Waals surface area (Å²) in [4.78, 5) is 45.6. The number of allylic oxidation sites excluding steroid dienone is 1. The number of alkyl halides is 1. The Kier molecular flexibility index (Phi) is 9.76. The van der Waals surface area contributed by atoms with Gasteiger partial charge in [-0.15, -0.1) is 13.2 Å². The minimum Gasteiger partial charge on any atom is -0.465 e. The van der Waals surface area contributed by atoms with Gasteiger partial charge in [-0.1, -0.05) is 70.0 Å². The number of halogens is 2. The number of rotatable bonds is 13. The van der Waals surface area contributed by atoms with Crippen LogP contribution in [0.15, 0.2) is 79.9 Å². The zero-order chi connectivity index (χ0) is 30.7. The maximum atomic E-state index is 14.8. The number of unbranched alkanes of at least 4 members (excludes halogenated alkanes) is 2. The third-order valence-electron chi connectivity index (χ3n) is 8.69. The Morgan fingerprint density at radius 3 is 2.53 bits per heavy atom. The largest absolute Gasteiger partial charge is 0.465 e. The molecule has 0 aliphatic carbocycles. The number of nitrogens with zero attached hydrogens (tertiary/aromatic N) is 2. The normalized spacial score (nSPS) is 27.9. The highest BCUT2D eigenvalue weighted by Gasteiger charge is 2.77. The van der Waals surface area contributed by atoms with Gasteiger partial charge in [0.15, 0.2) is 0 Å². The Morgan fingerprint density at radius 2 is 1.88 bits per heavy atom. The molecule has 1 N–H and O–H groups in total. The third kappa shape index (κ3) is 5.68. The molecule has 3 heterocycles. The van der Waals surface area contributed by atoms with E-state index in [0.717, 1.165) is 12.8 Å². The number of carbonyl (C=O) groups is 3. The molecule has 228 valence electrons. The van der Waals surface area contributed by atoms with E-state index in [1.165, 1.54) is 9.80 Å².